The second-order valence-electron chi connectivity index (χ2n) is 6.72. The van der Waals surface area contributed by atoms with Gasteiger partial charge in [0.25, 0.3) is 5.92 Å². The molecule has 0 spiro atoms. The zero-order chi connectivity index (χ0) is 18.1. The van der Waals surface area contributed by atoms with Crippen molar-refractivity contribution < 1.29 is 18.0 Å². The molecule has 9 heteroatoms. The van der Waals surface area contributed by atoms with Gasteiger partial charge in [0.1, 0.15) is 23.3 Å². The lowest BCUT2D eigenvalue weighted by Gasteiger charge is -2.34. The SMILES string of the molecule is O=C([C@@H]1CC1(F)F)N1CCc2[nH]cnc2[C@H]1c1cc2c(F)cccn2n1. The van der Waals surface area contributed by atoms with Crippen molar-refractivity contribution >= 4 is 11.4 Å². The maximum absolute atomic E-state index is 14.0. The van der Waals surface area contributed by atoms with Crippen LogP contribution >= 0.6 is 0 Å². The Labute approximate surface area is 145 Å². The van der Waals surface area contributed by atoms with Gasteiger partial charge in [-0.15, -0.1) is 0 Å². The number of carbonyl (C=O) groups excluding carboxylic acids is 1. The van der Waals surface area contributed by atoms with Crippen molar-refractivity contribution in [3.05, 3.63) is 53.6 Å². The van der Waals surface area contributed by atoms with Crippen LogP contribution in [0.1, 0.15) is 29.5 Å². The molecule has 3 aromatic heterocycles. The van der Waals surface area contributed by atoms with Gasteiger partial charge in [-0.1, -0.05) is 0 Å². The second-order valence-corrected chi connectivity index (χ2v) is 6.72. The average Bonchev–Trinajstić information content (AvgIpc) is 2.99. The number of halogens is 3. The van der Waals surface area contributed by atoms with Gasteiger partial charge in [-0.3, -0.25) is 4.79 Å². The molecule has 5 rings (SSSR count). The predicted octanol–water partition coefficient (Wildman–Crippen LogP) is 2.33. The van der Waals surface area contributed by atoms with Gasteiger partial charge >= 0.3 is 0 Å². The van der Waals surface area contributed by atoms with Crippen molar-refractivity contribution in [3.8, 4) is 0 Å². The van der Waals surface area contributed by atoms with Gasteiger partial charge in [-0.05, 0) is 18.2 Å². The Bertz CT molecular complexity index is 1030. The van der Waals surface area contributed by atoms with Gasteiger partial charge in [0.05, 0.1) is 17.7 Å². The summed E-state index contributed by atoms with van der Waals surface area (Å²) >= 11 is 0. The number of H-pyrrole nitrogens is 1. The van der Waals surface area contributed by atoms with E-state index in [0.717, 1.165) is 5.69 Å². The minimum absolute atomic E-state index is 0.259. The Morgan fingerprint density at radius 1 is 1.38 bits per heavy atom. The topological polar surface area (TPSA) is 66.3 Å². The normalized spacial score (nSPS) is 23.9. The molecule has 2 atom stereocenters. The summed E-state index contributed by atoms with van der Waals surface area (Å²) < 4.78 is 42.3. The largest absolute Gasteiger partial charge is 0.348 e. The number of nitrogens with zero attached hydrogens (tertiary/aromatic N) is 4. The molecule has 26 heavy (non-hydrogen) atoms. The van der Waals surface area contributed by atoms with Crippen molar-refractivity contribution in [2.45, 2.75) is 24.8 Å². The first kappa shape index (κ1) is 15.4. The lowest BCUT2D eigenvalue weighted by atomic mass is 9.99. The summed E-state index contributed by atoms with van der Waals surface area (Å²) in [4.78, 5) is 21.4. The van der Waals surface area contributed by atoms with E-state index in [-0.39, 0.29) is 12.1 Å². The zero-order valence-corrected chi connectivity index (χ0v) is 13.5. The number of nitrogens with one attached hydrogen (secondary N) is 1. The summed E-state index contributed by atoms with van der Waals surface area (Å²) in [7, 11) is 0. The molecule has 1 aliphatic carbocycles. The van der Waals surface area contributed by atoms with Crippen molar-refractivity contribution in [3.63, 3.8) is 0 Å². The number of pyridine rings is 1. The molecular formula is C17H14F3N5O. The lowest BCUT2D eigenvalue weighted by Crippen LogP contribution is -2.42. The summed E-state index contributed by atoms with van der Waals surface area (Å²) in [6, 6.07) is 3.66. The summed E-state index contributed by atoms with van der Waals surface area (Å²) in [6.07, 6.45) is 3.17. The van der Waals surface area contributed by atoms with Crippen LogP contribution in [0.5, 0.6) is 0 Å². The number of hydrogen-bond acceptors (Lipinski definition) is 3. The fourth-order valence-electron chi connectivity index (χ4n) is 3.63. The molecule has 6 nitrogen and oxygen atoms in total. The Morgan fingerprint density at radius 2 is 2.19 bits per heavy atom. The van der Waals surface area contributed by atoms with Crippen molar-refractivity contribution in [1.82, 2.24) is 24.5 Å². The molecule has 1 fully saturated rings. The molecule has 3 aromatic rings. The molecule has 0 saturated heterocycles. The highest BCUT2D eigenvalue weighted by Gasteiger charge is 2.63. The lowest BCUT2D eigenvalue weighted by molar-refractivity contribution is -0.137. The fraction of sp³-hybridized carbons (Fsp3) is 0.353. The Morgan fingerprint density at radius 3 is 2.92 bits per heavy atom. The highest BCUT2D eigenvalue weighted by molar-refractivity contribution is 5.84. The molecule has 4 heterocycles. The maximum atomic E-state index is 14.0. The zero-order valence-electron chi connectivity index (χ0n) is 13.5. The molecule has 2 aliphatic rings. The van der Waals surface area contributed by atoms with Gasteiger partial charge in [-0.25, -0.2) is 22.7 Å². The number of alkyl halides is 2. The van der Waals surface area contributed by atoms with E-state index >= 15 is 0 Å². The molecule has 1 saturated carbocycles. The van der Waals surface area contributed by atoms with Crippen LogP contribution in [0.4, 0.5) is 13.2 Å². The van der Waals surface area contributed by atoms with Crippen LogP contribution in [-0.4, -0.2) is 42.9 Å². The molecule has 134 valence electrons. The molecule has 1 aliphatic heterocycles. The standard InChI is InChI=1S/C17H14F3N5O/c18-10-2-1-4-25-13(10)6-12(23-25)15-14-11(21-8-22-14)3-5-24(15)16(26)9-7-17(9,19)20/h1-2,4,6,8-9,15H,3,5,7H2,(H,21,22)/t9-,15+/m0/s1. The number of aromatic nitrogens is 4. The minimum Gasteiger partial charge on any atom is -0.348 e. The van der Waals surface area contributed by atoms with E-state index in [1.807, 2.05) is 0 Å². The quantitative estimate of drug-likeness (QED) is 0.762. The Hall–Kier alpha value is -2.84. The predicted molar refractivity (Wildman–Crippen MR) is 84.1 cm³/mol. The third kappa shape index (κ3) is 2.16. The summed E-state index contributed by atoms with van der Waals surface area (Å²) in [5, 5.41) is 4.37. The molecule has 0 bridgehead atoms. The van der Waals surface area contributed by atoms with E-state index in [9.17, 15) is 18.0 Å². The van der Waals surface area contributed by atoms with Crippen LogP contribution in [0.25, 0.3) is 5.52 Å². The Balaban J connectivity index is 1.61. The maximum Gasteiger partial charge on any atom is 0.260 e. The third-order valence-electron chi connectivity index (χ3n) is 5.08. The monoisotopic (exact) mass is 361 g/mol. The van der Waals surface area contributed by atoms with Crippen molar-refractivity contribution in [2.24, 2.45) is 5.92 Å². The van der Waals surface area contributed by atoms with E-state index < -0.39 is 36.0 Å². The summed E-state index contributed by atoms with van der Waals surface area (Å²) in [5.41, 5.74) is 2.06. The van der Waals surface area contributed by atoms with Crippen molar-refractivity contribution in [1.29, 1.82) is 0 Å². The van der Waals surface area contributed by atoms with E-state index in [2.05, 4.69) is 15.1 Å². The molecule has 1 N–H and O–H groups in total. The number of hydrogen-bond donors (Lipinski definition) is 1. The highest BCUT2D eigenvalue weighted by atomic mass is 19.3. The van der Waals surface area contributed by atoms with Crippen LogP contribution < -0.4 is 0 Å². The number of fused-ring (bicyclic) bond motifs is 2. The average molecular weight is 361 g/mol. The van der Waals surface area contributed by atoms with E-state index in [4.69, 9.17) is 0 Å². The first-order chi connectivity index (χ1) is 12.5. The molecule has 0 unspecified atom stereocenters. The minimum atomic E-state index is -2.95. The number of imidazole rings is 1. The number of rotatable bonds is 2. The highest BCUT2D eigenvalue weighted by Crippen LogP contribution is 2.51. The van der Waals surface area contributed by atoms with Crippen LogP contribution in [-0.2, 0) is 11.2 Å². The second kappa shape index (κ2) is 5.09. The van der Waals surface area contributed by atoms with E-state index in [1.165, 1.54) is 33.9 Å². The van der Waals surface area contributed by atoms with Gasteiger partial charge in [0.2, 0.25) is 5.91 Å². The third-order valence-corrected chi connectivity index (χ3v) is 5.08. The van der Waals surface area contributed by atoms with E-state index in [0.29, 0.717) is 17.8 Å². The van der Waals surface area contributed by atoms with Gasteiger partial charge in [-0.2, -0.15) is 5.10 Å². The van der Waals surface area contributed by atoms with Crippen LogP contribution in [0, 0.1) is 11.7 Å². The van der Waals surface area contributed by atoms with Crippen LogP contribution in [0.15, 0.2) is 30.7 Å². The number of amides is 1. The van der Waals surface area contributed by atoms with Crippen LogP contribution in [0.3, 0.4) is 0 Å². The molecule has 0 radical (unpaired) electrons. The number of aromatic amines is 1. The van der Waals surface area contributed by atoms with Gasteiger partial charge in [0.15, 0.2) is 0 Å². The fourth-order valence-corrected chi connectivity index (χ4v) is 3.63. The molecule has 0 aromatic carbocycles. The smallest absolute Gasteiger partial charge is 0.260 e. The van der Waals surface area contributed by atoms with Crippen molar-refractivity contribution in [2.75, 3.05) is 6.54 Å². The molecular weight excluding hydrogens is 347 g/mol. The Kier molecular flexibility index (Phi) is 3.02. The number of carbonyl (C=O) groups is 1. The first-order valence-corrected chi connectivity index (χ1v) is 8.30. The molecule has 1 amide bonds. The summed E-state index contributed by atoms with van der Waals surface area (Å²) in [6.45, 7) is 0.279. The first-order valence-electron chi connectivity index (χ1n) is 8.30. The van der Waals surface area contributed by atoms with Gasteiger partial charge in [0, 0.05) is 31.3 Å². The summed E-state index contributed by atoms with van der Waals surface area (Å²) in [5.74, 6) is -5.29. The van der Waals surface area contributed by atoms with Gasteiger partial charge < -0.3 is 9.88 Å². The van der Waals surface area contributed by atoms with Crippen LogP contribution in [0.2, 0.25) is 0 Å². The van der Waals surface area contributed by atoms with E-state index in [1.54, 1.807) is 6.20 Å².